The summed E-state index contributed by atoms with van der Waals surface area (Å²) in [5, 5.41) is 0. The number of hydrogen-bond acceptors (Lipinski definition) is 2. The molecule has 0 aliphatic heterocycles. The maximum absolute atomic E-state index is 13.1. The highest BCUT2D eigenvalue weighted by Crippen LogP contribution is 2.34. The summed E-state index contributed by atoms with van der Waals surface area (Å²) in [5.74, 6) is 0.692. The van der Waals surface area contributed by atoms with Gasteiger partial charge in [0, 0.05) is 12.6 Å². The van der Waals surface area contributed by atoms with Gasteiger partial charge in [-0.3, -0.25) is 0 Å². The Balaban J connectivity index is 2.31. The van der Waals surface area contributed by atoms with Gasteiger partial charge in [-0.1, -0.05) is 6.07 Å². The molecule has 0 fully saturated rings. The van der Waals surface area contributed by atoms with Crippen molar-refractivity contribution >= 4 is 31.9 Å². The standard InChI is InChI=1S/C13H10Br2FNO/c14-10-3-2-9(16)6-13(10)18-12-4-1-8(7-17)5-11(12)15/h1-6H,7,17H2. The fourth-order valence-electron chi connectivity index (χ4n) is 1.43. The molecule has 0 aliphatic rings. The van der Waals surface area contributed by atoms with Gasteiger partial charge in [-0.25, -0.2) is 4.39 Å². The van der Waals surface area contributed by atoms with Gasteiger partial charge in [0.05, 0.1) is 8.95 Å². The number of nitrogens with two attached hydrogens (primary N) is 1. The van der Waals surface area contributed by atoms with Gasteiger partial charge in [0.25, 0.3) is 0 Å². The van der Waals surface area contributed by atoms with E-state index in [9.17, 15) is 4.39 Å². The van der Waals surface area contributed by atoms with Crippen LogP contribution in [-0.4, -0.2) is 0 Å². The van der Waals surface area contributed by atoms with Crippen molar-refractivity contribution in [2.75, 3.05) is 0 Å². The van der Waals surface area contributed by atoms with Crippen molar-refractivity contribution in [3.8, 4) is 11.5 Å². The second kappa shape index (κ2) is 5.82. The number of ether oxygens (including phenoxy) is 1. The van der Waals surface area contributed by atoms with Crippen LogP contribution in [0.3, 0.4) is 0 Å². The van der Waals surface area contributed by atoms with E-state index < -0.39 is 0 Å². The van der Waals surface area contributed by atoms with E-state index in [-0.39, 0.29) is 5.82 Å². The zero-order valence-electron chi connectivity index (χ0n) is 9.29. The van der Waals surface area contributed by atoms with Gasteiger partial charge in [0.15, 0.2) is 0 Å². The molecule has 2 nitrogen and oxygen atoms in total. The summed E-state index contributed by atoms with van der Waals surface area (Å²) < 4.78 is 20.3. The van der Waals surface area contributed by atoms with E-state index in [4.69, 9.17) is 10.5 Å². The normalized spacial score (nSPS) is 10.4. The van der Waals surface area contributed by atoms with Crippen molar-refractivity contribution in [1.29, 1.82) is 0 Å². The molecule has 0 aromatic heterocycles. The first-order valence-electron chi connectivity index (χ1n) is 5.21. The highest BCUT2D eigenvalue weighted by atomic mass is 79.9. The predicted octanol–water partition coefficient (Wildman–Crippen LogP) is 4.60. The minimum absolute atomic E-state index is 0.345. The van der Waals surface area contributed by atoms with Crippen LogP contribution in [0.2, 0.25) is 0 Å². The third kappa shape index (κ3) is 3.10. The largest absolute Gasteiger partial charge is 0.455 e. The van der Waals surface area contributed by atoms with E-state index in [0.29, 0.717) is 22.5 Å². The van der Waals surface area contributed by atoms with Crippen LogP contribution in [-0.2, 0) is 6.54 Å². The Hall–Kier alpha value is -0.910. The molecule has 2 aromatic carbocycles. The van der Waals surface area contributed by atoms with Crippen LogP contribution in [0.25, 0.3) is 0 Å². The Bertz CT molecular complexity index is 575. The molecule has 2 aromatic rings. The predicted molar refractivity (Wildman–Crippen MR) is 76.2 cm³/mol. The quantitative estimate of drug-likeness (QED) is 0.851. The fraction of sp³-hybridized carbons (Fsp3) is 0.0769. The van der Waals surface area contributed by atoms with Crippen molar-refractivity contribution < 1.29 is 9.13 Å². The van der Waals surface area contributed by atoms with E-state index >= 15 is 0 Å². The average molecular weight is 375 g/mol. The Kier molecular flexibility index (Phi) is 4.37. The summed E-state index contributed by atoms with van der Waals surface area (Å²) in [6.45, 7) is 0.461. The Morgan fingerprint density at radius 1 is 1.00 bits per heavy atom. The van der Waals surface area contributed by atoms with Crippen LogP contribution in [0.4, 0.5) is 4.39 Å². The summed E-state index contributed by atoms with van der Waals surface area (Å²) in [4.78, 5) is 0. The Labute approximate surface area is 121 Å². The summed E-state index contributed by atoms with van der Waals surface area (Å²) in [6, 6.07) is 9.84. The van der Waals surface area contributed by atoms with Crippen molar-refractivity contribution in [1.82, 2.24) is 0 Å². The maximum Gasteiger partial charge on any atom is 0.144 e. The van der Waals surface area contributed by atoms with Crippen LogP contribution in [0, 0.1) is 5.82 Å². The Morgan fingerprint density at radius 2 is 1.78 bits per heavy atom. The number of hydrogen-bond donors (Lipinski definition) is 1. The molecule has 0 heterocycles. The van der Waals surface area contributed by atoms with Gasteiger partial charge < -0.3 is 10.5 Å². The molecule has 0 spiro atoms. The van der Waals surface area contributed by atoms with Crippen LogP contribution < -0.4 is 10.5 Å². The lowest BCUT2D eigenvalue weighted by Crippen LogP contribution is -1.96. The molecule has 5 heteroatoms. The summed E-state index contributed by atoms with van der Waals surface area (Å²) >= 11 is 6.71. The molecule has 0 saturated carbocycles. The van der Waals surface area contributed by atoms with E-state index in [1.54, 1.807) is 12.1 Å². The average Bonchev–Trinajstić information content (AvgIpc) is 2.36. The van der Waals surface area contributed by atoms with Crippen molar-refractivity contribution in [2.45, 2.75) is 6.54 Å². The molecular formula is C13H10Br2FNO. The minimum Gasteiger partial charge on any atom is -0.455 e. The third-order valence-electron chi connectivity index (χ3n) is 2.35. The van der Waals surface area contributed by atoms with Gasteiger partial charge in [0.1, 0.15) is 17.3 Å². The first-order valence-corrected chi connectivity index (χ1v) is 6.80. The van der Waals surface area contributed by atoms with Crippen molar-refractivity contribution in [2.24, 2.45) is 5.73 Å². The molecule has 0 bridgehead atoms. The van der Waals surface area contributed by atoms with Gasteiger partial charge >= 0.3 is 0 Å². The fourth-order valence-corrected chi connectivity index (χ4v) is 2.26. The molecule has 0 aliphatic carbocycles. The lowest BCUT2D eigenvalue weighted by Gasteiger charge is -2.10. The van der Waals surface area contributed by atoms with Crippen LogP contribution in [0.5, 0.6) is 11.5 Å². The van der Waals surface area contributed by atoms with Crippen LogP contribution >= 0.6 is 31.9 Å². The van der Waals surface area contributed by atoms with Gasteiger partial charge in [-0.05, 0) is 61.7 Å². The molecule has 0 radical (unpaired) electrons. The van der Waals surface area contributed by atoms with Gasteiger partial charge in [-0.15, -0.1) is 0 Å². The summed E-state index contributed by atoms with van der Waals surface area (Å²) in [6.07, 6.45) is 0. The lowest BCUT2D eigenvalue weighted by molar-refractivity contribution is 0.470. The van der Waals surface area contributed by atoms with Crippen LogP contribution in [0.1, 0.15) is 5.56 Å². The molecule has 2 N–H and O–H groups in total. The highest BCUT2D eigenvalue weighted by Gasteiger charge is 2.07. The summed E-state index contributed by atoms with van der Waals surface area (Å²) in [5.41, 5.74) is 6.54. The number of rotatable bonds is 3. The first kappa shape index (κ1) is 13.5. The smallest absolute Gasteiger partial charge is 0.144 e. The van der Waals surface area contributed by atoms with E-state index in [1.165, 1.54) is 12.1 Å². The SMILES string of the molecule is NCc1ccc(Oc2cc(F)ccc2Br)c(Br)c1. The van der Waals surface area contributed by atoms with Gasteiger partial charge in [-0.2, -0.15) is 0 Å². The van der Waals surface area contributed by atoms with E-state index in [1.807, 2.05) is 12.1 Å². The molecule has 94 valence electrons. The molecule has 2 rings (SSSR count). The topological polar surface area (TPSA) is 35.2 Å². The highest BCUT2D eigenvalue weighted by molar-refractivity contribution is 9.11. The maximum atomic E-state index is 13.1. The molecule has 0 saturated heterocycles. The molecule has 0 atom stereocenters. The second-order valence-electron chi connectivity index (χ2n) is 3.65. The molecule has 18 heavy (non-hydrogen) atoms. The zero-order chi connectivity index (χ0) is 13.1. The van der Waals surface area contributed by atoms with Crippen molar-refractivity contribution in [3.63, 3.8) is 0 Å². The third-order valence-corrected chi connectivity index (χ3v) is 3.62. The Morgan fingerprint density at radius 3 is 2.44 bits per heavy atom. The minimum atomic E-state index is -0.345. The molecule has 0 unspecified atom stereocenters. The first-order chi connectivity index (χ1) is 8.60. The number of halogens is 3. The second-order valence-corrected chi connectivity index (χ2v) is 5.35. The summed E-state index contributed by atoms with van der Waals surface area (Å²) in [7, 11) is 0. The molecule has 0 amide bonds. The van der Waals surface area contributed by atoms with Gasteiger partial charge in [0.2, 0.25) is 0 Å². The van der Waals surface area contributed by atoms with Crippen molar-refractivity contribution in [3.05, 3.63) is 56.7 Å². The van der Waals surface area contributed by atoms with Crippen LogP contribution in [0.15, 0.2) is 45.3 Å². The number of benzene rings is 2. The zero-order valence-corrected chi connectivity index (χ0v) is 12.5. The molecular weight excluding hydrogens is 365 g/mol. The van der Waals surface area contributed by atoms with E-state index in [0.717, 1.165) is 10.0 Å². The van der Waals surface area contributed by atoms with E-state index in [2.05, 4.69) is 31.9 Å². The lowest BCUT2D eigenvalue weighted by atomic mass is 10.2. The monoisotopic (exact) mass is 373 g/mol.